The van der Waals surface area contributed by atoms with E-state index in [-0.39, 0.29) is 17.9 Å². The Labute approximate surface area is 208 Å². The third kappa shape index (κ3) is 4.16. The van der Waals surface area contributed by atoms with Crippen LogP contribution in [-0.4, -0.2) is 47.2 Å². The molecule has 4 aliphatic heterocycles. The summed E-state index contributed by atoms with van der Waals surface area (Å²) in [6.07, 6.45) is 8.80. The van der Waals surface area contributed by atoms with Gasteiger partial charge in [-0.1, -0.05) is 37.3 Å². The Morgan fingerprint density at radius 1 is 1.03 bits per heavy atom. The van der Waals surface area contributed by atoms with Crippen LogP contribution in [0.3, 0.4) is 0 Å². The van der Waals surface area contributed by atoms with E-state index in [1.54, 1.807) is 0 Å². The summed E-state index contributed by atoms with van der Waals surface area (Å²) in [5.41, 5.74) is 3.22. The number of carbonyl (C=O) groups is 1. The number of carbonyl (C=O) groups excluding carboxylic acids is 1. The van der Waals surface area contributed by atoms with Gasteiger partial charge in [-0.15, -0.1) is 0 Å². The molecule has 3 saturated heterocycles. The van der Waals surface area contributed by atoms with Gasteiger partial charge in [0.25, 0.3) is 0 Å². The maximum atomic E-state index is 14.0. The summed E-state index contributed by atoms with van der Waals surface area (Å²) in [7, 11) is 0. The van der Waals surface area contributed by atoms with Gasteiger partial charge in [0, 0.05) is 49.3 Å². The highest BCUT2D eigenvalue weighted by Gasteiger charge is 2.47. The second-order valence-corrected chi connectivity index (χ2v) is 10.7. The van der Waals surface area contributed by atoms with E-state index in [0.717, 1.165) is 46.6 Å². The zero-order valence-corrected chi connectivity index (χ0v) is 20.7. The Morgan fingerprint density at radius 3 is 2.60 bits per heavy atom. The summed E-state index contributed by atoms with van der Waals surface area (Å²) in [4.78, 5) is 14.0. The summed E-state index contributed by atoms with van der Waals surface area (Å²) in [5, 5.41) is 3.57. The van der Waals surface area contributed by atoms with Crippen molar-refractivity contribution in [3.63, 3.8) is 0 Å². The van der Waals surface area contributed by atoms with Crippen LogP contribution in [-0.2, 0) is 17.8 Å². The predicted molar refractivity (Wildman–Crippen MR) is 138 cm³/mol. The monoisotopic (exact) mass is 470 g/mol. The van der Waals surface area contributed by atoms with Crippen molar-refractivity contribution in [3.05, 3.63) is 83.7 Å². The molecule has 1 N–H and O–H groups in total. The first kappa shape index (κ1) is 22.4. The van der Waals surface area contributed by atoms with Gasteiger partial charge in [0.15, 0.2) is 0 Å². The Bertz CT molecular complexity index is 1190. The van der Waals surface area contributed by atoms with Crippen LogP contribution in [0.2, 0.25) is 0 Å². The lowest BCUT2D eigenvalue weighted by atomic mass is 9.80. The molecule has 1 aromatic heterocycles. The first-order chi connectivity index (χ1) is 17.2. The van der Waals surface area contributed by atoms with E-state index in [2.05, 4.69) is 53.5 Å². The number of quaternary nitrogens is 1. The van der Waals surface area contributed by atoms with Crippen molar-refractivity contribution in [2.75, 3.05) is 26.2 Å². The molecule has 2 atom stereocenters. The fourth-order valence-corrected chi connectivity index (χ4v) is 6.81. The molecule has 5 heteroatoms. The van der Waals surface area contributed by atoms with E-state index in [1.165, 1.54) is 44.5 Å². The fraction of sp³-hybridized carbons (Fsp3) is 0.433. The van der Waals surface area contributed by atoms with E-state index >= 15 is 0 Å². The summed E-state index contributed by atoms with van der Waals surface area (Å²) in [5.74, 6) is 2.04. The van der Waals surface area contributed by atoms with Crippen LogP contribution in [0.25, 0.3) is 0 Å². The lowest BCUT2D eigenvalue weighted by Crippen LogP contribution is -2.67. The molecule has 35 heavy (non-hydrogen) atoms. The van der Waals surface area contributed by atoms with Gasteiger partial charge < -0.3 is 19.1 Å². The van der Waals surface area contributed by atoms with Crippen LogP contribution in [0.1, 0.15) is 48.8 Å². The Balaban J connectivity index is 1.22. The number of aromatic nitrogens is 1. The molecule has 2 aromatic carbocycles. The van der Waals surface area contributed by atoms with Gasteiger partial charge in [0.2, 0.25) is 5.91 Å². The number of hydrogen-bond donors (Lipinski definition) is 1. The van der Waals surface area contributed by atoms with Crippen molar-refractivity contribution in [2.24, 2.45) is 5.92 Å². The number of aryl methyl sites for hydroxylation is 2. The normalized spacial score (nSPS) is 26.5. The summed E-state index contributed by atoms with van der Waals surface area (Å²) < 4.78 is 9.68. The summed E-state index contributed by atoms with van der Waals surface area (Å²) in [6.45, 7) is 8.00. The lowest BCUT2D eigenvalue weighted by Gasteiger charge is -2.53. The number of nitrogens with zero attached hydrogens (tertiary/aromatic N) is 2. The number of ether oxygens (including phenoxy) is 1. The third-order valence-electron chi connectivity index (χ3n) is 8.68. The molecule has 0 spiro atoms. The van der Waals surface area contributed by atoms with Crippen LogP contribution < -0.4 is 10.1 Å². The molecule has 3 aromatic rings. The van der Waals surface area contributed by atoms with Crippen molar-refractivity contribution < 1.29 is 14.0 Å². The molecule has 0 radical (unpaired) electrons. The zero-order valence-electron chi connectivity index (χ0n) is 20.7. The van der Waals surface area contributed by atoms with Crippen molar-refractivity contribution >= 4 is 5.91 Å². The van der Waals surface area contributed by atoms with Crippen molar-refractivity contribution in [1.82, 2.24) is 9.88 Å². The molecule has 0 aliphatic carbocycles. The fourth-order valence-electron chi connectivity index (χ4n) is 6.81. The molecule has 5 nitrogen and oxygen atoms in total. The largest absolute Gasteiger partial charge is 0.457 e. The second kappa shape index (κ2) is 9.19. The minimum atomic E-state index is -0.316. The Kier molecular flexibility index (Phi) is 5.89. The van der Waals surface area contributed by atoms with Crippen LogP contribution >= 0.6 is 0 Å². The zero-order chi connectivity index (χ0) is 23.8. The first-order valence-electron chi connectivity index (χ1n) is 13.3. The molecule has 5 heterocycles. The van der Waals surface area contributed by atoms with Gasteiger partial charge in [-0.2, -0.15) is 0 Å². The average molecular weight is 471 g/mol. The molecule has 3 fully saturated rings. The van der Waals surface area contributed by atoms with E-state index in [1.807, 2.05) is 30.3 Å². The second-order valence-electron chi connectivity index (χ2n) is 10.7. The third-order valence-corrected chi connectivity index (χ3v) is 8.68. The number of para-hydroxylation sites is 1. The maximum Gasteiger partial charge on any atom is 0.232 e. The number of fused-ring (bicyclic) bond motifs is 5. The number of piperidine rings is 3. The topological polar surface area (TPSA) is 43.3 Å². The van der Waals surface area contributed by atoms with E-state index in [0.29, 0.717) is 5.92 Å². The average Bonchev–Trinajstić information content (AvgIpc) is 3.41. The molecular weight excluding hydrogens is 434 g/mol. The number of amides is 1. The molecule has 182 valence electrons. The summed E-state index contributed by atoms with van der Waals surface area (Å²) >= 11 is 0. The van der Waals surface area contributed by atoms with E-state index < -0.39 is 0 Å². The van der Waals surface area contributed by atoms with Crippen molar-refractivity contribution in [2.45, 2.75) is 51.1 Å². The van der Waals surface area contributed by atoms with Crippen LogP contribution in [0.15, 0.2) is 67.0 Å². The minimum Gasteiger partial charge on any atom is -0.457 e. The standard InChI is InChI=1S/C30H35N3O2/c1-2-22-9-7-12-27-28(22)29(24-10-3-4-11-26(24)35-27)30(34)31-25-21-33(19-13-23(25)14-20-33)18-8-17-32-15-5-6-16-32/h3-7,9-12,15-16,23,25,29H,2,8,13-14,17-21H2,1H3/p+1/t23?,25-,29?,33?/m0/s1. The van der Waals surface area contributed by atoms with Crippen molar-refractivity contribution in [3.8, 4) is 11.5 Å². The molecular formula is C30H36N3O2+. The Morgan fingerprint density at radius 2 is 1.80 bits per heavy atom. The summed E-state index contributed by atoms with van der Waals surface area (Å²) in [6, 6.07) is 18.7. The van der Waals surface area contributed by atoms with Gasteiger partial charge in [-0.05, 0) is 42.2 Å². The quantitative estimate of drug-likeness (QED) is 0.488. The molecule has 2 bridgehead atoms. The number of nitrogens with one attached hydrogen (secondary N) is 1. The molecule has 1 amide bonds. The first-order valence-corrected chi connectivity index (χ1v) is 13.3. The molecule has 7 rings (SSSR count). The highest BCUT2D eigenvalue weighted by Crippen LogP contribution is 2.46. The predicted octanol–water partition coefficient (Wildman–Crippen LogP) is 5.10. The lowest BCUT2D eigenvalue weighted by molar-refractivity contribution is -0.944. The van der Waals surface area contributed by atoms with E-state index in [4.69, 9.17) is 4.74 Å². The van der Waals surface area contributed by atoms with Gasteiger partial charge >= 0.3 is 0 Å². The van der Waals surface area contributed by atoms with Gasteiger partial charge in [-0.3, -0.25) is 4.79 Å². The molecule has 1 unspecified atom stereocenters. The number of rotatable bonds is 7. The minimum absolute atomic E-state index is 0.132. The van der Waals surface area contributed by atoms with Crippen molar-refractivity contribution in [1.29, 1.82) is 0 Å². The van der Waals surface area contributed by atoms with Gasteiger partial charge in [0.05, 0.1) is 38.1 Å². The van der Waals surface area contributed by atoms with Gasteiger partial charge in [-0.25, -0.2) is 0 Å². The highest BCUT2D eigenvalue weighted by atomic mass is 16.5. The highest BCUT2D eigenvalue weighted by molar-refractivity contribution is 5.90. The number of hydrogen-bond acceptors (Lipinski definition) is 2. The SMILES string of the molecule is CCc1cccc2c1C(C(=O)N[C@H]1C[N+]3(CCCn4cccc4)CCC1CC3)c1ccccc1O2. The maximum absolute atomic E-state index is 14.0. The molecule has 4 aliphatic rings. The molecule has 0 saturated carbocycles. The van der Waals surface area contributed by atoms with Crippen LogP contribution in [0, 0.1) is 5.92 Å². The number of benzene rings is 2. The smallest absolute Gasteiger partial charge is 0.232 e. The van der Waals surface area contributed by atoms with Gasteiger partial charge in [0.1, 0.15) is 11.5 Å². The van der Waals surface area contributed by atoms with E-state index in [9.17, 15) is 4.79 Å². The van der Waals surface area contributed by atoms with Crippen LogP contribution in [0.4, 0.5) is 0 Å². The van der Waals surface area contributed by atoms with Crippen LogP contribution in [0.5, 0.6) is 11.5 Å². The Hall–Kier alpha value is -3.05.